The molecule has 0 atom stereocenters. The first kappa shape index (κ1) is 10.4. The molecule has 1 rings (SSSR count). The lowest BCUT2D eigenvalue weighted by Crippen LogP contribution is -2.19. The first-order chi connectivity index (χ1) is 5.97. The second kappa shape index (κ2) is 3.58. The van der Waals surface area contributed by atoms with Gasteiger partial charge in [-0.25, -0.2) is 4.39 Å². The molecule has 0 aliphatic rings. The smallest absolute Gasteiger partial charge is 0.130 e. The summed E-state index contributed by atoms with van der Waals surface area (Å²) in [6, 6.07) is 4.33. The lowest BCUT2D eigenvalue weighted by molar-refractivity contribution is -0.111. The van der Waals surface area contributed by atoms with Crippen LogP contribution in [0, 0.1) is 5.82 Å². The number of rotatable bonds is 2. The van der Waals surface area contributed by atoms with E-state index in [4.69, 9.17) is 0 Å². The molecule has 0 N–H and O–H groups in total. The van der Waals surface area contributed by atoms with Gasteiger partial charge < -0.3 is 4.79 Å². The number of carbonyl (C=O) groups excluding carboxylic acids is 1. The Morgan fingerprint density at radius 1 is 1.46 bits per heavy atom. The fourth-order valence-electron chi connectivity index (χ4n) is 1.08. The zero-order valence-electron chi connectivity index (χ0n) is 7.47. The second-order valence-electron chi connectivity index (χ2n) is 3.46. The fraction of sp³-hybridized carbons (Fsp3) is 0.300. The number of aldehydes is 1. The molecule has 0 amide bonds. The summed E-state index contributed by atoms with van der Waals surface area (Å²) in [5, 5.41) is 0. The van der Waals surface area contributed by atoms with Crippen LogP contribution in [-0.4, -0.2) is 6.29 Å². The molecule has 70 valence electrons. The van der Waals surface area contributed by atoms with Gasteiger partial charge in [0.2, 0.25) is 0 Å². The summed E-state index contributed by atoms with van der Waals surface area (Å²) in [5.41, 5.74) is 0.218. The van der Waals surface area contributed by atoms with Crippen molar-refractivity contribution in [2.75, 3.05) is 0 Å². The van der Waals surface area contributed by atoms with Crippen LogP contribution in [0.3, 0.4) is 0 Å². The highest BCUT2D eigenvalue weighted by Crippen LogP contribution is 2.28. The molecule has 13 heavy (non-hydrogen) atoms. The van der Waals surface area contributed by atoms with Crippen molar-refractivity contribution in [3.05, 3.63) is 34.1 Å². The summed E-state index contributed by atoms with van der Waals surface area (Å²) in [7, 11) is 0. The third kappa shape index (κ3) is 2.15. The molecule has 0 aliphatic heterocycles. The van der Waals surface area contributed by atoms with Gasteiger partial charge in [-0.1, -0.05) is 22.0 Å². The minimum absolute atomic E-state index is 0.308. The van der Waals surface area contributed by atoms with E-state index in [9.17, 15) is 9.18 Å². The summed E-state index contributed by atoms with van der Waals surface area (Å²) in [6.07, 6.45) is 0.852. The van der Waals surface area contributed by atoms with Crippen LogP contribution >= 0.6 is 15.9 Å². The first-order valence-corrected chi connectivity index (χ1v) is 4.68. The van der Waals surface area contributed by atoms with E-state index in [1.54, 1.807) is 19.9 Å². The standard InChI is InChI=1S/C10H10BrFO/c1-10(2,6-13)8-4-3-7(12)5-9(8)11/h3-6H,1-2H3. The van der Waals surface area contributed by atoms with E-state index in [-0.39, 0.29) is 5.82 Å². The van der Waals surface area contributed by atoms with E-state index in [1.807, 2.05) is 0 Å². The molecule has 0 unspecified atom stereocenters. The van der Waals surface area contributed by atoms with Crippen molar-refractivity contribution in [3.63, 3.8) is 0 Å². The highest BCUT2D eigenvalue weighted by molar-refractivity contribution is 9.10. The molecule has 0 bridgehead atoms. The van der Waals surface area contributed by atoms with E-state index in [0.717, 1.165) is 11.8 Å². The predicted octanol–water partition coefficient (Wildman–Crippen LogP) is 3.06. The molecule has 0 heterocycles. The topological polar surface area (TPSA) is 17.1 Å². The molecule has 0 saturated carbocycles. The molecule has 0 spiro atoms. The number of carbonyl (C=O) groups is 1. The van der Waals surface area contributed by atoms with Crippen LogP contribution in [0.25, 0.3) is 0 Å². The van der Waals surface area contributed by atoms with E-state index in [2.05, 4.69) is 15.9 Å². The van der Waals surface area contributed by atoms with Gasteiger partial charge in [0.05, 0.1) is 0 Å². The van der Waals surface area contributed by atoms with Gasteiger partial charge in [0, 0.05) is 9.89 Å². The van der Waals surface area contributed by atoms with Crippen molar-refractivity contribution < 1.29 is 9.18 Å². The number of hydrogen-bond acceptors (Lipinski definition) is 1. The molecular formula is C10H10BrFO. The molecule has 1 nitrogen and oxygen atoms in total. The minimum atomic E-state index is -0.577. The van der Waals surface area contributed by atoms with Crippen molar-refractivity contribution >= 4 is 22.2 Å². The summed E-state index contributed by atoms with van der Waals surface area (Å²) >= 11 is 3.22. The average molecular weight is 245 g/mol. The van der Waals surface area contributed by atoms with E-state index >= 15 is 0 Å². The summed E-state index contributed by atoms with van der Waals surface area (Å²) < 4.78 is 13.4. The zero-order chi connectivity index (χ0) is 10.1. The third-order valence-corrected chi connectivity index (χ3v) is 2.58. The highest BCUT2D eigenvalue weighted by atomic mass is 79.9. The van der Waals surface area contributed by atoms with Crippen LogP contribution in [0.1, 0.15) is 19.4 Å². The number of hydrogen-bond donors (Lipinski definition) is 0. The van der Waals surface area contributed by atoms with Gasteiger partial charge in [-0.3, -0.25) is 0 Å². The van der Waals surface area contributed by atoms with Crippen molar-refractivity contribution in [1.82, 2.24) is 0 Å². The third-order valence-electron chi connectivity index (χ3n) is 1.92. The van der Waals surface area contributed by atoms with Gasteiger partial charge in [0.1, 0.15) is 12.1 Å². The van der Waals surface area contributed by atoms with Crippen LogP contribution in [0.2, 0.25) is 0 Å². The maximum atomic E-state index is 12.7. The largest absolute Gasteiger partial charge is 0.302 e. The zero-order valence-corrected chi connectivity index (χ0v) is 9.06. The first-order valence-electron chi connectivity index (χ1n) is 3.89. The quantitative estimate of drug-likeness (QED) is 0.732. The van der Waals surface area contributed by atoms with Crippen LogP contribution in [-0.2, 0) is 10.2 Å². The minimum Gasteiger partial charge on any atom is -0.302 e. The van der Waals surface area contributed by atoms with E-state index in [0.29, 0.717) is 4.47 Å². The van der Waals surface area contributed by atoms with E-state index < -0.39 is 5.41 Å². The Kier molecular flexibility index (Phi) is 2.86. The molecular weight excluding hydrogens is 235 g/mol. The van der Waals surface area contributed by atoms with Crippen molar-refractivity contribution in [2.45, 2.75) is 19.3 Å². The molecule has 0 fully saturated rings. The molecule has 0 radical (unpaired) electrons. The predicted molar refractivity (Wildman–Crippen MR) is 53.2 cm³/mol. The molecule has 0 saturated heterocycles. The molecule has 0 aliphatic carbocycles. The van der Waals surface area contributed by atoms with Gasteiger partial charge in [-0.15, -0.1) is 0 Å². The average Bonchev–Trinajstić information content (AvgIpc) is 2.03. The van der Waals surface area contributed by atoms with Crippen molar-refractivity contribution in [1.29, 1.82) is 0 Å². The summed E-state index contributed by atoms with van der Waals surface area (Å²) in [6.45, 7) is 3.58. The summed E-state index contributed by atoms with van der Waals surface area (Å²) in [4.78, 5) is 10.7. The van der Waals surface area contributed by atoms with Gasteiger partial charge >= 0.3 is 0 Å². The van der Waals surface area contributed by atoms with Crippen molar-refractivity contribution in [3.8, 4) is 0 Å². The molecule has 1 aromatic rings. The molecule has 3 heteroatoms. The number of benzene rings is 1. The number of halogens is 2. The maximum Gasteiger partial charge on any atom is 0.130 e. The Balaban J connectivity index is 3.23. The van der Waals surface area contributed by atoms with Crippen LogP contribution in [0.15, 0.2) is 22.7 Å². The molecule has 0 aromatic heterocycles. The van der Waals surface area contributed by atoms with Gasteiger partial charge in [-0.05, 0) is 31.5 Å². The normalized spacial score (nSPS) is 11.4. The van der Waals surface area contributed by atoms with Crippen molar-refractivity contribution in [2.24, 2.45) is 0 Å². The van der Waals surface area contributed by atoms with Gasteiger partial charge in [0.25, 0.3) is 0 Å². The van der Waals surface area contributed by atoms with Gasteiger partial charge in [-0.2, -0.15) is 0 Å². The molecule has 1 aromatic carbocycles. The maximum absolute atomic E-state index is 12.7. The Hall–Kier alpha value is -0.700. The Morgan fingerprint density at radius 2 is 2.08 bits per heavy atom. The van der Waals surface area contributed by atoms with Crippen LogP contribution in [0.4, 0.5) is 4.39 Å². The van der Waals surface area contributed by atoms with Crippen LogP contribution < -0.4 is 0 Å². The Labute approximate surface area is 85.1 Å². The highest BCUT2D eigenvalue weighted by Gasteiger charge is 2.22. The monoisotopic (exact) mass is 244 g/mol. The Bertz CT molecular complexity index is 334. The van der Waals surface area contributed by atoms with Gasteiger partial charge in [0.15, 0.2) is 0 Å². The van der Waals surface area contributed by atoms with E-state index in [1.165, 1.54) is 12.1 Å². The summed E-state index contributed by atoms with van der Waals surface area (Å²) in [5.74, 6) is -0.308. The second-order valence-corrected chi connectivity index (χ2v) is 4.32. The van der Waals surface area contributed by atoms with Crippen LogP contribution in [0.5, 0.6) is 0 Å². The lowest BCUT2D eigenvalue weighted by atomic mass is 9.86. The lowest BCUT2D eigenvalue weighted by Gasteiger charge is -2.18. The SMILES string of the molecule is CC(C)(C=O)c1ccc(F)cc1Br. The Morgan fingerprint density at radius 3 is 2.54 bits per heavy atom. The fourth-order valence-corrected chi connectivity index (χ4v) is 1.94.